The smallest absolute Gasteiger partial charge is 0.149 e. The molecule has 0 aliphatic carbocycles. The van der Waals surface area contributed by atoms with Gasteiger partial charge in [-0.05, 0) is 22.5 Å². The predicted molar refractivity (Wildman–Crippen MR) is 94.6 cm³/mol. The molecule has 0 unspecified atom stereocenters. The maximum atomic E-state index is 7.33. The molecule has 0 heterocycles. The summed E-state index contributed by atoms with van der Waals surface area (Å²) in [5, 5.41) is 3.69. The topological polar surface area (TPSA) is 0 Å². The van der Waals surface area contributed by atoms with Crippen LogP contribution in [0.5, 0.6) is 0 Å². The molecule has 0 radical (unpaired) electrons. The lowest BCUT2D eigenvalue weighted by Gasteiger charge is -2.26. The van der Waals surface area contributed by atoms with Crippen LogP contribution in [0.15, 0.2) is 84.9 Å². The van der Waals surface area contributed by atoms with E-state index in [0.29, 0.717) is 0 Å². The van der Waals surface area contributed by atoms with Gasteiger partial charge in [-0.25, -0.2) is 0 Å². The number of benzene rings is 3. The van der Waals surface area contributed by atoms with Gasteiger partial charge in [-0.15, -0.1) is 11.1 Å². The van der Waals surface area contributed by atoms with Crippen molar-refractivity contribution in [3.63, 3.8) is 0 Å². The Hall–Kier alpha value is -1.83. The van der Waals surface area contributed by atoms with Crippen LogP contribution in [0, 0.1) is 6.92 Å². The van der Waals surface area contributed by atoms with Crippen LogP contribution in [0.2, 0.25) is 0 Å². The van der Waals surface area contributed by atoms with Crippen LogP contribution >= 0.6 is 11.1 Å². The molecule has 21 heavy (non-hydrogen) atoms. The minimum absolute atomic E-state index is 1.23. The molecule has 0 bridgehead atoms. The molecule has 0 atom stereocenters. The Morgan fingerprint density at radius 3 is 1.57 bits per heavy atom. The van der Waals surface area contributed by atoms with Gasteiger partial charge in [0.2, 0.25) is 7.38 Å². The van der Waals surface area contributed by atoms with E-state index in [2.05, 4.69) is 79.7 Å². The number of hydrogen-bond acceptors (Lipinski definition) is 0. The lowest BCUT2D eigenvalue weighted by molar-refractivity contribution is 1.49. The summed E-state index contributed by atoms with van der Waals surface area (Å²) in [6.45, 7) is 2.12. The van der Waals surface area contributed by atoms with Crippen LogP contribution in [0.4, 0.5) is 0 Å². The van der Waals surface area contributed by atoms with Gasteiger partial charge in [-0.1, -0.05) is 90.5 Å². The van der Waals surface area contributed by atoms with Crippen molar-refractivity contribution < 1.29 is 0 Å². The van der Waals surface area contributed by atoms with E-state index < -0.39 is 7.38 Å². The minimum atomic E-state index is -2.44. The highest BCUT2D eigenvalue weighted by Gasteiger charge is 2.37. The molecular weight excluding hydrogens is 292 g/mol. The molecule has 104 valence electrons. The molecular formula is C19H17ClSi. The summed E-state index contributed by atoms with van der Waals surface area (Å²) >= 11 is 7.33. The van der Waals surface area contributed by atoms with Crippen molar-refractivity contribution in [2.75, 3.05) is 0 Å². The number of aryl methyl sites for hydroxylation is 1. The average molecular weight is 309 g/mol. The van der Waals surface area contributed by atoms with E-state index >= 15 is 0 Å². The molecule has 0 saturated heterocycles. The number of hydrogen-bond donors (Lipinski definition) is 0. The first kappa shape index (κ1) is 14.1. The Bertz CT molecular complexity index is 683. The van der Waals surface area contributed by atoms with Crippen LogP contribution in [-0.4, -0.2) is 7.38 Å². The molecule has 0 spiro atoms. The number of rotatable bonds is 3. The Balaban J connectivity index is 2.25. The molecule has 0 aliphatic heterocycles. The minimum Gasteiger partial charge on any atom is -0.149 e. The summed E-state index contributed by atoms with van der Waals surface area (Å²) < 4.78 is 0. The van der Waals surface area contributed by atoms with Crippen molar-refractivity contribution in [2.24, 2.45) is 0 Å². The molecule has 0 aliphatic rings. The largest absolute Gasteiger partial charge is 0.247 e. The molecule has 0 saturated carbocycles. The Labute approximate surface area is 131 Å². The monoisotopic (exact) mass is 308 g/mol. The fourth-order valence-corrected chi connectivity index (χ4v) is 6.86. The second-order valence-corrected chi connectivity index (χ2v) is 10.0. The van der Waals surface area contributed by atoms with Gasteiger partial charge in [0.05, 0.1) is 0 Å². The van der Waals surface area contributed by atoms with E-state index in [1.165, 1.54) is 21.1 Å². The van der Waals surface area contributed by atoms with Crippen molar-refractivity contribution in [1.29, 1.82) is 0 Å². The summed E-state index contributed by atoms with van der Waals surface area (Å²) in [6, 6.07) is 29.5. The van der Waals surface area contributed by atoms with Crippen molar-refractivity contribution in [3.8, 4) is 0 Å². The van der Waals surface area contributed by atoms with Crippen molar-refractivity contribution in [1.82, 2.24) is 0 Å². The third kappa shape index (κ3) is 2.67. The van der Waals surface area contributed by atoms with Crippen molar-refractivity contribution in [3.05, 3.63) is 90.5 Å². The first-order chi connectivity index (χ1) is 10.2. The summed E-state index contributed by atoms with van der Waals surface area (Å²) in [7, 11) is -2.44. The third-order valence-corrected chi connectivity index (χ3v) is 9.09. The molecule has 0 nitrogen and oxygen atoms in total. The fourth-order valence-electron chi connectivity index (χ4n) is 2.69. The van der Waals surface area contributed by atoms with Gasteiger partial charge in [-0.2, -0.15) is 0 Å². The van der Waals surface area contributed by atoms with Crippen molar-refractivity contribution >= 4 is 34.0 Å². The first-order valence-electron chi connectivity index (χ1n) is 7.08. The van der Waals surface area contributed by atoms with Crippen LogP contribution in [0.3, 0.4) is 0 Å². The molecule has 0 aromatic heterocycles. The quantitative estimate of drug-likeness (QED) is 0.396. The zero-order valence-corrected chi connectivity index (χ0v) is 13.7. The van der Waals surface area contributed by atoms with Gasteiger partial charge < -0.3 is 0 Å². The predicted octanol–water partition coefficient (Wildman–Crippen LogP) is 3.20. The Morgan fingerprint density at radius 1 is 0.619 bits per heavy atom. The standard InChI is InChI=1S/C19H17ClSi/c1-16-9-8-14-19(15-16)21(20,17-10-4-2-5-11-17)18-12-6-3-7-13-18/h2-15H,1H3. The molecule has 2 heteroatoms. The highest BCUT2D eigenvalue weighted by atomic mass is 35.6. The highest BCUT2D eigenvalue weighted by Crippen LogP contribution is 2.12. The molecule has 0 N–H and O–H groups in total. The first-order valence-corrected chi connectivity index (χ1v) is 10.1. The van der Waals surface area contributed by atoms with Crippen LogP contribution in [0.25, 0.3) is 0 Å². The molecule has 3 rings (SSSR count). The van der Waals surface area contributed by atoms with Crippen LogP contribution in [0.1, 0.15) is 5.56 Å². The molecule has 0 fully saturated rings. The zero-order chi connectivity index (χ0) is 14.7. The van der Waals surface area contributed by atoms with E-state index in [1.54, 1.807) is 0 Å². The summed E-state index contributed by atoms with van der Waals surface area (Å²) in [6.07, 6.45) is 0. The molecule has 0 amide bonds. The Morgan fingerprint density at radius 2 is 1.10 bits per heavy atom. The summed E-state index contributed by atoms with van der Waals surface area (Å²) in [5.41, 5.74) is 1.25. The van der Waals surface area contributed by atoms with Crippen LogP contribution < -0.4 is 15.6 Å². The Kier molecular flexibility index (Phi) is 3.96. The van der Waals surface area contributed by atoms with E-state index in [4.69, 9.17) is 11.1 Å². The lowest BCUT2D eigenvalue weighted by atomic mass is 10.2. The second kappa shape index (κ2) is 5.88. The maximum Gasteiger partial charge on any atom is 0.247 e. The van der Waals surface area contributed by atoms with Gasteiger partial charge in [0.1, 0.15) is 0 Å². The lowest BCUT2D eigenvalue weighted by Crippen LogP contribution is -2.62. The highest BCUT2D eigenvalue weighted by molar-refractivity contribution is 7.40. The summed E-state index contributed by atoms with van der Waals surface area (Å²) in [5.74, 6) is 0. The second-order valence-electron chi connectivity index (χ2n) is 5.26. The normalized spacial score (nSPS) is 11.3. The molecule has 3 aromatic rings. The van der Waals surface area contributed by atoms with Gasteiger partial charge in [0, 0.05) is 0 Å². The van der Waals surface area contributed by atoms with Crippen molar-refractivity contribution in [2.45, 2.75) is 6.92 Å². The van der Waals surface area contributed by atoms with Gasteiger partial charge in [0.25, 0.3) is 0 Å². The van der Waals surface area contributed by atoms with Gasteiger partial charge >= 0.3 is 0 Å². The van der Waals surface area contributed by atoms with Crippen LogP contribution in [-0.2, 0) is 0 Å². The van der Waals surface area contributed by atoms with E-state index in [0.717, 1.165) is 0 Å². The zero-order valence-electron chi connectivity index (χ0n) is 12.0. The van der Waals surface area contributed by atoms with E-state index in [1.807, 2.05) is 12.1 Å². The van der Waals surface area contributed by atoms with E-state index in [9.17, 15) is 0 Å². The third-order valence-electron chi connectivity index (χ3n) is 3.76. The van der Waals surface area contributed by atoms with Gasteiger partial charge in [0.15, 0.2) is 0 Å². The summed E-state index contributed by atoms with van der Waals surface area (Å²) in [4.78, 5) is 0. The van der Waals surface area contributed by atoms with E-state index in [-0.39, 0.29) is 0 Å². The average Bonchev–Trinajstić information content (AvgIpc) is 2.56. The van der Waals surface area contributed by atoms with Gasteiger partial charge in [-0.3, -0.25) is 0 Å². The fraction of sp³-hybridized carbons (Fsp3) is 0.0526. The molecule has 3 aromatic carbocycles. The number of halogens is 1. The maximum absolute atomic E-state index is 7.33. The SMILES string of the molecule is Cc1cccc([Si](Cl)(c2ccccc2)c2ccccc2)c1.